The van der Waals surface area contributed by atoms with Crippen molar-refractivity contribution in [2.45, 2.75) is 6.54 Å². The Bertz CT molecular complexity index is 843. The van der Waals surface area contributed by atoms with Crippen molar-refractivity contribution in [2.24, 2.45) is 0 Å². The molecule has 5 nitrogen and oxygen atoms in total. The van der Waals surface area contributed by atoms with Crippen LogP contribution in [0.3, 0.4) is 0 Å². The molecule has 1 heterocycles. The van der Waals surface area contributed by atoms with Crippen molar-refractivity contribution in [3.8, 4) is 0 Å². The zero-order valence-electron chi connectivity index (χ0n) is 13.5. The van der Waals surface area contributed by atoms with E-state index in [1.54, 1.807) is 30.3 Å². The third-order valence-corrected chi connectivity index (χ3v) is 4.59. The number of hydrogen-bond donors (Lipinski definition) is 0. The molecule has 0 aliphatic carbocycles. The number of hydrogen-bond acceptors (Lipinski definition) is 5. The van der Waals surface area contributed by atoms with Gasteiger partial charge in [0.05, 0.1) is 24.1 Å². The molecule has 2 aromatic carbocycles. The SMILES string of the molecule is COC(=O)c1ccc(CN2C(=O)SC(=Cc3ccccc3)C2=O)cc1. The monoisotopic (exact) mass is 353 g/mol. The van der Waals surface area contributed by atoms with Crippen LogP contribution in [-0.2, 0) is 16.1 Å². The summed E-state index contributed by atoms with van der Waals surface area (Å²) >= 11 is 0.932. The van der Waals surface area contributed by atoms with Gasteiger partial charge in [-0.2, -0.15) is 0 Å². The van der Waals surface area contributed by atoms with Crippen LogP contribution < -0.4 is 0 Å². The highest BCUT2D eigenvalue weighted by Gasteiger charge is 2.34. The number of thioether (sulfide) groups is 1. The van der Waals surface area contributed by atoms with Crippen LogP contribution in [0.1, 0.15) is 21.5 Å². The third kappa shape index (κ3) is 3.80. The third-order valence-electron chi connectivity index (χ3n) is 3.69. The van der Waals surface area contributed by atoms with Gasteiger partial charge in [-0.15, -0.1) is 0 Å². The second kappa shape index (κ2) is 7.36. The van der Waals surface area contributed by atoms with Crippen LogP contribution >= 0.6 is 11.8 Å². The molecule has 0 N–H and O–H groups in total. The lowest BCUT2D eigenvalue weighted by Gasteiger charge is -2.12. The van der Waals surface area contributed by atoms with Gasteiger partial charge < -0.3 is 4.74 Å². The Morgan fingerprint density at radius 3 is 2.40 bits per heavy atom. The van der Waals surface area contributed by atoms with Crippen molar-refractivity contribution in [1.29, 1.82) is 0 Å². The van der Waals surface area contributed by atoms with Crippen molar-refractivity contribution < 1.29 is 19.1 Å². The Labute approximate surface area is 149 Å². The zero-order valence-corrected chi connectivity index (χ0v) is 14.3. The van der Waals surface area contributed by atoms with E-state index >= 15 is 0 Å². The largest absolute Gasteiger partial charge is 0.465 e. The van der Waals surface area contributed by atoms with Gasteiger partial charge in [0.2, 0.25) is 0 Å². The molecule has 3 rings (SSSR count). The number of carbonyl (C=O) groups excluding carboxylic acids is 3. The Kier molecular flexibility index (Phi) is 5.00. The van der Waals surface area contributed by atoms with Crippen LogP contribution in [-0.4, -0.2) is 29.1 Å². The summed E-state index contributed by atoms with van der Waals surface area (Å²) in [5.74, 6) is -0.737. The summed E-state index contributed by atoms with van der Waals surface area (Å²) in [6, 6.07) is 16.0. The first kappa shape index (κ1) is 17.0. The van der Waals surface area contributed by atoms with Crippen LogP contribution in [0.15, 0.2) is 59.5 Å². The molecule has 0 saturated carbocycles. The van der Waals surface area contributed by atoms with E-state index in [1.165, 1.54) is 12.0 Å². The van der Waals surface area contributed by atoms with Gasteiger partial charge in [0.25, 0.3) is 11.1 Å². The number of nitrogens with zero attached hydrogens (tertiary/aromatic N) is 1. The molecular formula is C19H15NO4S. The maximum Gasteiger partial charge on any atom is 0.337 e. The van der Waals surface area contributed by atoms with Gasteiger partial charge in [-0.05, 0) is 41.1 Å². The molecule has 1 saturated heterocycles. The quantitative estimate of drug-likeness (QED) is 0.619. The number of benzene rings is 2. The predicted octanol–water partition coefficient (Wildman–Crippen LogP) is 3.71. The fourth-order valence-corrected chi connectivity index (χ4v) is 3.22. The van der Waals surface area contributed by atoms with Gasteiger partial charge in [-0.1, -0.05) is 42.5 Å². The standard InChI is InChI=1S/C19H15NO4S/c1-24-18(22)15-9-7-14(8-10-15)12-20-17(21)16(25-19(20)23)11-13-5-3-2-4-6-13/h2-11H,12H2,1H3. The molecule has 0 bridgehead atoms. The maximum atomic E-state index is 12.5. The smallest absolute Gasteiger partial charge is 0.337 e. The Balaban J connectivity index is 1.75. The average molecular weight is 353 g/mol. The van der Waals surface area contributed by atoms with Crippen molar-refractivity contribution >= 4 is 35.0 Å². The number of amides is 2. The summed E-state index contributed by atoms with van der Waals surface area (Å²) in [7, 11) is 1.32. The Morgan fingerprint density at radius 1 is 1.08 bits per heavy atom. The highest BCUT2D eigenvalue weighted by atomic mass is 32.2. The molecule has 1 aliphatic heterocycles. The van der Waals surface area contributed by atoms with Gasteiger partial charge >= 0.3 is 5.97 Å². The van der Waals surface area contributed by atoms with Crippen molar-refractivity contribution in [3.63, 3.8) is 0 Å². The maximum absolute atomic E-state index is 12.5. The van der Waals surface area contributed by atoms with Crippen molar-refractivity contribution in [2.75, 3.05) is 7.11 Å². The fourth-order valence-electron chi connectivity index (χ4n) is 2.38. The van der Waals surface area contributed by atoms with E-state index in [0.717, 1.165) is 22.9 Å². The van der Waals surface area contributed by atoms with Crippen LogP contribution in [0.5, 0.6) is 0 Å². The molecule has 2 amide bonds. The molecule has 0 unspecified atom stereocenters. The number of imide groups is 1. The van der Waals surface area contributed by atoms with Gasteiger partial charge in [-0.3, -0.25) is 14.5 Å². The second-order valence-electron chi connectivity index (χ2n) is 5.37. The summed E-state index contributed by atoms with van der Waals surface area (Å²) in [5, 5.41) is -0.302. The van der Waals surface area contributed by atoms with E-state index in [4.69, 9.17) is 0 Å². The van der Waals surface area contributed by atoms with Crippen LogP contribution in [0.25, 0.3) is 6.08 Å². The molecule has 0 spiro atoms. The molecular weight excluding hydrogens is 338 g/mol. The average Bonchev–Trinajstić information content (AvgIpc) is 2.90. The Hall–Kier alpha value is -2.86. The second-order valence-corrected chi connectivity index (χ2v) is 6.36. The summed E-state index contributed by atoms with van der Waals surface area (Å²) in [6.07, 6.45) is 1.71. The van der Waals surface area contributed by atoms with E-state index < -0.39 is 5.97 Å². The minimum Gasteiger partial charge on any atom is -0.465 e. The van der Waals surface area contributed by atoms with Crippen LogP contribution in [0.2, 0.25) is 0 Å². The number of carbonyl (C=O) groups is 3. The highest BCUT2D eigenvalue weighted by molar-refractivity contribution is 8.18. The lowest BCUT2D eigenvalue weighted by Crippen LogP contribution is -2.27. The first-order chi connectivity index (χ1) is 12.1. The number of methoxy groups -OCH3 is 1. The molecule has 0 atom stereocenters. The van der Waals surface area contributed by atoms with Gasteiger partial charge in [0.1, 0.15) is 0 Å². The molecule has 1 fully saturated rings. The lowest BCUT2D eigenvalue weighted by molar-refractivity contribution is -0.123. The first-order valence-electron chi connectivity index (χ1n) is 7.56. The summed E-state index contributed by atoms with van der Waals surface area (Å²) in [6.45, 7) is 0.165. The van der Waals surface area contributed by atoms with E-state index in [1.807, 2.05) is 30.3 Å². The summed E-state index contributed by atoms with van der Waals surface area (Å²) in [5.41, 5.74) is 2.05. The first-order valence-corrected chi connectivity index (χ1v) is 8.38. The fraction of sp³-hybridized carbons (Fsp3) is 0.105. The van der Waals surface area contributed by atoms with E-state index in [-0.39, 0.29) is 17.7 Å². The van der Waals surface area contributed by atoms with E-state index in [9.17, 15) is 14.4 Å². The summed E-state index contributed by atoms with van der Waals surface area (Å²) in [4.78, 5) is 37.7. The van der Waals surface area contributed by atoms with Crippen LogP contribution in [0.4, 0.5) is 4.79 Å². The van der Waals surface area contributed by atoms with E-state index in [0.29, 0.717) is 10.5 Å². The van der Waals surface area contributed by atoms with Crippen molar-refractivity contribution in [1.82, 2.24) is 4.90 Å². The molecule has 6 heteroatoms. The summed E-state index contributed by atoms with van der Waals surface area (Å²) < 4.78 is 4.65. The highest BCUT2D eigenvalue weighted by Crippen LogP contribution is 2.33. The topological polar surface area (TPSA) is 63.7 Å². The molecule has 2 aromatic rings. The minimum atomic E-state index is -0.427. The normalized spacial score (nSPS) is 15.7. The van der Waals surface area contributed by atoms with E-state index in [2.05, 4.69) is 4.74 Å². The lowest BCUT2D eigenvalue weighted by atomic mass is 10.1. The van der Waals surface area contributed by atoms with Gasteiger partial charge in [0.15, 0.2) is 0 Å². The minimum absolute atomic E-state index is 0.165. The molecule has 0 radical (unpaired) electrons. The zero-order chi connectivity index (χ0) is 17.8. The molecule has 126 valence electrons. The number of esters is 1. The Morgan fingerprint density at radius 2 is 1.76 bits per heavy atom. The van der Waals surface area contributed by atoms with Crippen LogP contribution in [0, 0.1) is 0 Å². The number of rotatable bonds is 4. The van der Waals surface area contributed by atoms with Gasteiger partial charge in [-0.25, -0.2) is 4.79 Å². The molecule has 1 aliphatic rings. The molecule has 0 aromatic heterocycles. The molecule has 25 heavy (non-hydrogen) atoms. The number of ether oxygens (including phenoxy) is 1. The predicted molar refractivity (Wildman–Crippen MR) is 95.7 cm³/mol. The van der Waals surface area contributed by atoms with Crippen molar-refractivity contribution in [3.05, 3.63) is 76.2 Å². The van der Waals surface area contributed by atoms with Gasteiger partial charge in [0, 0.05) is 0 Å².